The standard InChI is InChI=1S/C13H11Br2N5O3S/c1-6-2-10(16)18-13(17-6)24-5-11(21)19-12-8(14)3-7(20(22)23)4-9(12)15/h2-4H,5H2,1H3,(H,19,21)(H2,16,17,18). The Labute approximate surface area is 158 Å². The zero-order valence-electron chi connectivity index (χ0n) is 12.2. The first-order chi connectivity index (χ1) is 11.3. The third-order valence-corrected chi connectivity index (χ3v) is 4.79. The van der Waals surface area contributed by atoms with Crippen molar-refractivity contribution < 1.29 is 9.72 Å². The number of nitrogens with one attached hydrogen (secondary N) is 1. The van der Waals surface area contributed by atoms with Gasteiger partial charge in [-0.15, -0.1) is 0 Å². The summed E-state index contributed by atoms with van der Waals surface area (Å²) in [5, 5.41) is 13.9. The van der Waals surface area contributed by atoms with Crippen LogP contribution < -0.4 is 11.1 Å². The lowest BCUT2D eigenvalue weighted by Gasteiger charge is -2.09. The fraction of sp³-hybridized carbons (Fsp3) is 0.154. The number of amides is 1. The molecule has 0 atom stereocenters. The molecule has 126 valence electrons. The SMILES string of the molecule is Cc1cc(N)nc(SCC(=O)Nc2c(Br)cc([N+](=O)[O-])cc2Br)n1. The molecule has 0 fully saturated rings. The Hall–Kier alpha value is -1.72. The molecule has 0 radical (unpaired) electrons. The summed E-state index contributed by atoms with van der Waals surface area (Å²) in [6.45, 7) is 1.78. The predicted molar refractivity (Wildman–Crippen MR) is 99.0 cm³/mol. The number of thioether (sulfide) groups is 1. The molecule has 1 amide bonds. The summed E-state index contributed by atoms with van der Waals surface area (Å²) in [5.41, 5.74) is 6.67. The molecule has 0 aliphatic heterocycles. The zero-order valence-corrected chi connectivity index (χ0v) is 16.2. The molecular formula is C13H11Br2N5O3S. The van der Waals surface area contributed by atoms with Crippen LogP contribution in [0.5, 0.6) is 0 Å². The highest BCUT2D eigenvalue weighted by Crippen LogP contribution is 2.35. The minimum absolute atomic E-state index is 0.0682. The molecule has 1 aromatic heterocycles. The average molecular weight is 477 g/mol. The molecule has 2 rings (SSSR count). The Balaban J connectivity index is 2.06. The predicted octanol–water partition coefficient (Wildman–Crippen LogP) is 3.53. The smallest absolute Gasteiger partial charge is 0.271 e. The van der Waals surface area contributed by atoms with E-state index >= 15 is 0 Å². The van der Waals surface area contributed by atoms with Gasteiger partial charge >= 0.3 is 0 Å². The number of nitrogen functional groups attached to an aromatic ring is 1. The fourth-order valence-corrected chi connectivity index (χ4v) is 3.79. The third-order valence-electron chi connectivity index (χ3n) is 2.69. The van der Waals surface area contributed by atoms with Crippen LogP contribution in [-0.4, -0.2) is 26.6 Å². The minimum Gasteiger partial charge on any atom is -0.384 e. The molecule has 0 unspecified atom stereocenters. The molecule has 0 spiro atoms. The Morgan fingerprint density at radius 2 is 1.96 bits per heavy atom. The molecule has 0 bridgehead atoms. The van der Waals surface area contributed by atoms with E-state index in [1.54, 1.807) is 13.0 Å². The number of nitro groups is 1. The molecule has 0 saturated heterocycles. The Morgan fingerprint density at radius 1 is 1.33 bits per heavy atom. The lowest BCUT2D eigenvalue weighted by molar-refractivity contribution is -0.385. The van der Waals surface area contributed by atoms with Crippen LogP contribution in [0.15, 0.2) is 32.3 Å². The van der Waals surface area contributed by atoms with Crippen LogP contribution in [0.1, 0.15) is 5.69 Å². The highest BCUT2D eigenvalue weighted by Gasteiger charge is 2.16. The highest BCUT2D eigenvalue weighted by molar-refractivity contribution is 9.11. The summed E-state index contributed by atoms with van der Waals surface area (Å²) in [6, 6.07) is 4.27. The molecule has 3 N–H and O–H groups in total. The second kappa shape index (κ2) is 7.90. The van der Waals surface area contributed by atoms with Crippen LogP contribution in [-0.2, 0) is 4.79 Å². The molecule has 24 heavy (non-hydrogen) atoms. The van der Waals surface area contributed by atoms with Gasteiger partial charge in [0.1, 0.15) is 5.82 Å². The van der Waals surface area contributed by atoms with Gasteiger partial charge in [0.05, 0.1) is 16.4 Å². The maximum absolute atomic E-state index is 12.1. The van der Waals surface area contributed by atoms with Crippen molar-refractivity contribution in [1.29, 1.82) is 0 Å². The molecule has 11 heteroatoms. The van der Waals surface area contributed by atoms with E-state index in [1.807, 2.05) is 0 Å². The molecule has 0 aliphatic rings. The van der Waals surface area contributed by atoms with Crippen LogP contribution in [0.3, 0.4) is 0 Å². The number of carbonyl (C=O) groups is 1. The van der Waals surface area contributed by atoms with Crippen molar-refractivity contribution in [2.75, 3.05) is 16.8 Å². The number of nitro benzene ring substituents is 1. The van der Waals surface area contributed by atoms with Gasteiger partial charge in [-0.3, -0.25) is 14.9 Å². The number of hydrogen-bond donors (Lipinski definition) is 2. The van der Waals surface area contributed by atoms with Gasteiger partial charge in [-0.1, -0.05) is 11.8 Å². The van der Waals surface area contributed by atoms with Crippen molar-refractivity contribution in [2.24, 2.45) is 0 Å². The van der Waals surface area contributed by atoms with Crippen LogP contribution >= 0.6 is 43.6 Å². The largest absolute Gasteiger partial charge is 0.384 e. The van der Waals surface area contributed by atoms with Crippen LogP contribution in [0.2, 0.25) is 0 Å². The van der Waals surface area contributed by atoms with Gasteiger partial charge in [0.25, 0.3) is 5.69 Å². The van der Waals surface area contributed by atoms with Crippen molar-refractivity contribution in [3.63, 3.8) is 0 Å². The zero-order chi connectivity index (χ0) is 17.9. The quantitative estimate of drug-likeness (QED) is 0.292. The van der Waals surface area contributed by atoms with E-state index in [4.69, 9.17) is 5.73 Å². The van der Waals surface area contributed by atoms with Crippen molar-refractivity contribution in [3.05, 3.63) is 43.0 Å². The van der Waals surface area contributed by atoms with Gasteiger partial charge < -0.3 is 11.1 Å². The summed E-state index contributed by atoms with van der Waals surface area (Å²) in [7, 11) is 0. The Morgan fingerprint density at radius 3 is 2.50 bits per heavy atom. The van der Waals surface area contributed by atoms with Crippen molar-refractivity contribution in [3.8, 4) is 0 Å². The van der Waals surface area contributed by atoms with E-state index in [0.717, 1.165) is 11.8 Å². The number of aromatic nitrogens is 2. The second-order valence-electron chi connectivity index (χ2n) is 4.60. The molecule has 0 saturated carbocycles. The lowest BCUT2D eigenvalue weighted by Crippen LogP contribution is -2.15. The van der Waals surface area contributed by atoms with E-state index in [-0.39, 0.29) is 17.3 Å². The van der Waals surface area contributed by atoms with E-state index in [0.29, 0.717) is 31.3 Å². The second-order valence-corrected chi connectivity index (χ2v) is 7.25. The minimum atomic E-state index is -0.517. The molecule has 2 aromatic rings. The lowest BCUT2D eigenvalue weighted by atomic mass is 10.3. The Kier molecular flexibility index (Phi) is 6.13. The van der Waals surface area contributed by atoms with Crippen LogP contribution in [0.4, 0.5) is 17.2 Å². The monoisotopic (exact) mass is 475 g/mol. The van der Waals surface area contributed by atoms with E-state index in [1.165, 1.54) is 12.1 Å². The number of anilines is 2. The number of nitrogens with zero attached hydrogens (tertiary/aromatic N) is 3. The van der Waals surface area contributed by atoms with Crippen LogP contribution in [0, 0.1) is 17.0 Å². The number of aryl methyl sites for hydroxylation is 1. The fourth-order valence-electron chi connectivity index (χ4n) is 1.72. The number of carbonyl (C=O) groups excluding carboxylic acids is 1. The summed E-state index contributed by atoms with van der Waals surface area (Å²) >= 11 is 7.57. The van der Waals surface area contributed by atoms with Gasteiger partial charge in [0.2, 0.25) is 5.91 Å². The molecule has 8 nitrogen and oxygen atoms in total. The number of non-ortho nitro benzene ring substituents is 1. The first-order valence-corrected chi connectivity index (χ1v) is 9.00. The number of nitrogens with two attached hydrogens (primary N) is 1. The van der Waals surface area contributed by atoms with Crippen molar-refractivity contribution >= 4 is 66.7 Å². The Bertz CT molecular complexity index is 775. The number of benzene rings is 1. The third kappa shape index (κ3) is 4.89. The van der Waals surface area contributed by atoms with Gasteiger partial charge in [-0.2, -0.15) is 0 Å². The van der Waals surface area contributed by atoms with Gasteiger partial charge in [-0.05, 0) is 38.8 Å². The van der Waals surface area contributed by atoms with E-state index in [2.05, 4.69) is 47.1 Å². The summed E-state index contributed by atoms with van der Waals surface area (Å²) in [4.78, 5) is 30.6. The molecule has 1 aromatic carbocycles. The normalized spacial score (nSPS) is 10.5. The topological polar surface area (TPSA) is 124 Å². The summed E-state index contributed by atoms with van der Waals surface area (Å²) in [6.07, 6.45) is 0. The number of hydrogen-bond acceptors (Lipinski definition) is 7. The number of rotatable bonds is 5. The van der Waals surface area contributed by atoms with Gasteiger partial charge in [-0.25, -0.2) is 9.97 Å². The molecular weight excluding hydrogens is 466 g/mol. The maximum Gasteiger partial charge on any atom is 0.271 e. The van der Waals surface area contributed by atoms with Crippen molar-refractivity contribution in [2.45, 2.75) is 12.1 Å². The van der Waals surface area contributed by atoms with Gasteiger partial charge in [0, 0.05) is 32.8 Å². The average Bonchev–Trinajstić information content (AvgIpc) is 2.47. The van der Waals surface area contributed by atoms with E-state index < -0.39 is 4.92 Å². The molecule has 0 aliphatic carbocycles. The summed E-state index contributed by atoms with van der Waals surface area (Å²) in [5.74, 6) is 0.101. The highest BCUT2D eigenvalue weighted by atomic mass is 79.9. The van der Waals surface area contributed by atoms with Crippen LogP contribution in [0.25, 0.3) is 0 Å². The van der Waals surface area contributed by atoms with Crippen molar-refractivity contribution in [1.82, 2.24) is 9.97 Å². The number of halogens is 2. The summed E-state index contributed by atoms with van der Waals surface area (Å²) < 4.78 is 0.802. The van der Waals surface area contributed by atoms with E-state index in [9.17, 15) is 14.9 Å². The molecule has 1 heterocycles. The maximum atomic E-state index is 12.1. The first kappa shape index (κ1) is 18.6. The first-order valence-electron chi connectivity index (χ1n) is 6.43. The van der Waals surface area contributed by atoms with Gasteiger partial charge in [0.15, 0.2) is 5.16 Å².